The molecule has 1 aliphatic rings. The van der Waals surface area contributed by atoms with Crippen molar-refractivity contribution in [2.45, 2.75) is 5.41 Å². The molecule has 1 aromatic heterocycles. The van der Waals surface area contributed by atoms with Crippen molar-refractivity contribution in [3.05, 3.63) is 283 Å². The van der Waals surface area contributed by atoms with Gasteiger partial charge in [0.2, 0.25) is 0 Å². The second-order valence-electron chi connectivity index (χ2n) is 16.0. The van der Waals surface area contributed by atoms with E-state index in [2.05, 4.69) is 264 Å². The minimum Gasteiger partial charge on any atom is -0.310 e. The van der Waals surface area contributed by atoms with Gasteiger partial charge in [-0.2, -0.15) is 0 Å². The second kappa shape index (κ2) is 16.3. The Bertz CT molecular complexity index is 3010. The summed E-state index contributed by atoms with van der Waals surface area (Å²) in [7, 11) is 0. The summed E-state index contributed by atoms with van der Waals surface area (Å²) >= 11 is 0. The molecule has 11 rings (SSSR count). The number of rotatable bonds is 9. The minimum atomic E-state index is -0.564. The molecule has 2 heterocycles. The van der Waals surface area contributed by atoms with Gasteiger partial charge in [-0.05, 0) is 128 Å². The van der Waals surface area contributed by atoms with E-state index < -0.39 is 5.41 Å². The van der Waals surface area contributed by atoms with Gasteiger partial charge in [0.05, 0.1) is 16.8 Å². The highest BCUT2D eigenvalue weighted by molar-refractivity contribution is 5.92. The zero-order chi connectivity index (χ0) is 42.0. The number of para-hydroxylation sites is 2. The lowest BCUT2D eigenvalue weighted by Gasteiger charge is -2.46. The van der Waals surface area contributed by atoms with Crippen molar-refractivity contribution in [2.24, 2.45) is 0 Å². The van der Waals surface area contributed by atoms with Crippen molar-refractivity contribution in [2.75, 3.05) is 9.80 Å². The van der Waals surface area contributed by atoms with Crippen LogP contribution in [-0.2, 0) is 5.41 Å². The fourth-order valence-electron chi connectivity index (χ4n) is 9.55. The SMILES string of the molecule is c1ccc(-c2ccc(N(c3ccc(-c4ccncc4)cc3)c3cccc(-c4ccc5c(c4)N(c4ccccc4)c4ccccc4C5(c4ccccc4)c4ccccc4)c3)cc2)cc1. The Morgan fingerprint density at radius 1 is 0.317 bits per heavy atom. The lowest BCUT2D eigenvalue weighted by molar-refractivity contribution is 0.731. The summed E-state index contributed by atoms with van der Waals surface area (Å²) in [6.45, 7) is 0. The van der Waals surface area contributed by atoms with Crippen LogP contribution in [0, 0.1) is 0 Å². The van der Waals surface area contributed by atoms with Gasteiger partial charge in [-0.25, -0.2) is 0 Å². The first-order valence-corrected chi connectivity index (χ1v) is 21.5. The van der Waals surface area contributed by atoms with E-state index >= 15 is 0 Å². The number of pyridine rings is 1. The molecule has 9 aromatic carbocycles. The van der Waals surface area contributed by atoms with Crippen LogP contribution in [0.2, 0.25) is 0 Å². The molecule has 0 fully saturated rings. The molecule has 0 aliphatic carbocycles. The Balaban J connectivity index is 1.08. The topological polar surface area (TPSA) is 19.4 Å². The summed E-state index contributed by atoms with van der Waals surface area (Å²) in [6, 6.07) is 90.2. The molecule has 3 heteroatoms. The van der Waals surface area contributed by atoms with Crippen LogP contribution in [0.25, 0.3) is 33.4 Å². The number of benzene rings is 9. The maximum absolute atomic E-state index is 4.24. The van der Waals surface area contributed by atoms with Gasteiger partial charge >= 0.3 is 0 Å². The van der Waals surface area contributed by atoms with E-state index in [9.17, 15) is 0 Å². The van der Waals surface area contributed by atoms with Crippen molar-refractivity contribution in [1.82, 2.24) is 4.98 Å². The zero-order valence-corrected chi connectivity index (χ0v) is 34.7. The predicted octanol–water partition coefficient (Wildman–Crippen LogP) is 15.7. The van der Waals surface area contributed by atoms with Crippen LogP contribution in [0.1, 0.15) is 22.3 Å². The molecule has 0 bridgehead atoms. The van der Waals surface area contributed by atoms with E-state index in [0.717, 1.165) is 56.4 Å². The molecule has 298 valence electrons. The van der Waals surface area contributed by atoms with Crippen LogP contribution in [0.3, 0.4) is 0 Å². The number of aromatic nitrogens is 1. The zero-order valence-electron chi connectivity index (χ0n) is 34.7. The van der Waals surface area contributed by atoms with Crippen LogP contribution in [0.15, 0.2) is 261 Å². The fraction of sp³-hybridized carbons (Fsp3) is 0.0167. The molecular formula is C60H43N3. The second-order valence-corrected chi connectivity index (χ2v) is 16.0. The molecule has 0 amide bonds. The molecule has 0 saturated carbocycles. The van der Waals surface area contributed by atoms with E-state index in [1.807, 2.05) is 12.4 Å². The summed E-state index contributed by atoms with van der Waals surface area (Å²) in [5.74, 6) is 0. The Labute approximate surface area is 369 Å². The molecule has 0 N–H and O–H groups in total. The van der Waals surface area contributed by atoms with Gasteiger partial charge in [-0.1, -0.05) is 176 Å². The normalized spacial score (nSPS) is 12.5. The number of hydrogen-bond acceptors (Lipinski definition) is 3. The Morgan fingerprint density at radius 3 is 1.40 bits per heavy atom. The van der Waals surface area contributed by atoms with E-state index in [1.165, 1.54) is 33.4 Å². The maximum atomic E-state index is 4.24. The summed E-state index contributed by atoms with van der Waals surface area (Å²) in [5, 5.41) is 0. The molecule has 0 atom stereocenters. The third-order valence-electron chi connectivity index (χ3n) is 12.4. The number of fused-ring (bicyclic) bond motifs is 2. The van der Waals surface area contributed by atoms with Crippen LogP contribution in [0.4, 0.5) is 34.1 Å². The average molecular weight is 806 g/mol. The van der Waals surface area contributed by atoms with Crippen LogP contribution < -0.4 is 9.80 Å². The molecule has 0 radical (unpaired) electrons. The largest absolute Gasteiger partial charge is 0.310 e. The van der Waals surface area contributed by atoms with Gasteiger partial charge in [0.25, 0.3) is 0 Å². The predicted molar refractivity (Wildman–Crippen MR) is 262 cm³/mol. The minimum absolute atomic E-state index is 0.564. The van der Waals surface area contributed by atoms with Crippen molar-refractivity contribution in [1.29, 1.82) is 0 Å². The quantitative estimate of drug-likeness (QED) is 0.145. The molecule has 0 unspecified atom stereocenters. The molecule has 10 aromatic rings. The Kier molecular flexibility index (Phi) is 9.76. The Hall–Kier alpha value is -8.27. The monoisotopic (exact) mass is 805 g/mol. The molecular weight excluding hydrogens is 763 g/mol. The van der Waals surface area contributed by atoms with Gasteiger partial charge in [0.15, 0.2) is 0 Å². The first-order valence-electron chi connectivity index (χ1n) is 21.5. The van der Waals surface area contributed by atoms with Crippen LogP contribution in [0.5, 0.6) is 0 Å². The van der Waals surface area contributed by atoms with E-state index in [1.54, 1.807) is 0 Å². The number of anilines is 6. The van der Waals surface area contributed by atoms with Crippen molar-refractivity contribution >= 4 is 34.1 Å². The van der Waals surface area contributed by atoms with Gasteiger partial charge in [0, 0.05) is 35.1 Å². The average Bonchev–Trinajstić information content (AvgIpc) is 3.37. The molecule has 1 aliphatic heterocycles. The maximum Gasteiger partial charge on any atom is 0.0742 e. The first-order chi connectivity index (χ1) is 31.3. The fourth-order valence-corrected chi connectivity index (χ4v) is 9.55. The third kappa shape index (κ3) is 6.77. The van der Waals surface area contributed by atoms with Crippen LogP contribution >= 0.6 is 0 Å². The number of nitrogens with zero attached hydrogens (tertiary/aromatic N) is 3. The van der Waals surface area contributed by atoms with E-state index in [4.69, 9.17) is 0 Å². The standard InChI is InChI=1S/C60H43N3/c1-5-16-44(17-6-1)45-28-33-53(34-29-45)62(54-35-30-46(31-36-54)47-38-40-61-41-39-47)55-25-15-18-48(42-55)49-32-37-57-59(43-49)63(52-23-11-4-12-24-52)58-27-14-13-26-56(58)60(57,50-19-7-2-8-20-50)51-21-9-3-10-22-51/h1-43H. The van der Waals surface area contributed by atoms with Gasteiger partial charge in [0.1, 0.15) is 0 Å². The van der Waals surface area contributed by atoms with Crippen LogP contribution in [-0.4, -0.2) is 4.98 Å². The first kappa shape index (κ1) is 37.7. The highest BCUT2D eigenvalue weighted by Gasteiger charge is 2.46. The summed E-state index contributed by atoms with van der Waals surface area (Å²) in [6.07, 6.45) is 3.69. The van der Waals surface area contributed by atoms with E-state index in [0.29, 0.717) is 0 Å². The summed E-state index contributed by atoms with van der Waals surface area (Å²) in [5.41, 5.74) is 18.0. The third-order valence-corrected chi connectivity index (χ3v) is 12.4. The lowest BCUT2D eigenvalue weighted by atomic mass is 9.62. The van der Waals surface area contributed by atoms with Crippen molar-refractivity contribution in [3.8, 4) is 33.4 Å². The smallest absolute Gasteiger partial charge is 0.0742 e. The Morgan fingerprint density at radius 2 is 0.778 bits per heavy atom. The van der Waals surface area contributed by atoms with Gasteiger partial charge < -0.3 is 9.80 Å². The lowest BCUT2D eigenvalue weighted by Crippen LogP contribution is -2.37. The molecule has 0 saturated heterocycles. The van der Waals surface area contributed by atoms with Crippen molar-refractivity contribution in [3.63, 3.8) is 0 Å². The molecule has 0 spiro atoms. The van der Waals surface area contributed by atoms with E-state index in [-0.39, 0.29) is 0 Å². The highest BCUT2D eigenvalue weighted by atomic mass is 15.2. The highest BCUT2D eigenvalue weighted by Crippen LogP contribution is 2.58. The van der Waals surface area contributed by atoms with Crippen molar-refractivity contribution < 1.29 is 0 Å². The number of hydrogen-bond donors (Lipinski definition) is 0. The van der Waals surface area contributed by atoms with Gasteiger partial charge in [-0.15, -0.1) is 0 Å². The molecule has 3 nitrogen and oxygen atoms in total. The summed E-state index contributed by atoms with van der Waals surface area (Å²) < 4.78 is 0. The summed E-state index contributed by atoms with van der Waals surface area (Å²) in [4.78, 5) is 9.04. The van der Waals surface area contributed by atoms with Gasteiger partial charge in [-0.3, -0.25) is 4.98 Å². The molecule has 63 heavy (non-hydrogen) atoms.